The normalized spacial score (nSPS) is 15.1. The Hall–Kier alpha value is -2.62. The van der Waals surface area contributed by atoms with Crippen molar-refractivity contribution >= 4 is 5.69 Å². The molecule has 4 heteroatoms. The first-order valence-corrected chi connectivity index (χ1v) is 8.98. The van der Waals surface area contributed by atoms with Crippen molar-refractivity contribution in [3.63, 3.8) is 0 Å². The van der Waals surface area contributed by atoms with E-state index in [4.69, 9.17) is 0 Å². The van der Waals surface area contributed by atoms with Crippen LogP contribution in [0.2, 0.25) is 0 Å². The number of benzene rings is 2. The molecule has 0 saturated heterocycles. The van der Waals surface area contributed by atoms with Gasteiger partial charge in [-0.2, -0.15) is 0 Å². The van der Waals surface area contributed by atoms with Crippen molar-refractivity contribution in [2.24, 2.45) is 0 Å². The van der Waals surface area contributed by atoms with E-state index in [0.717, 1.165) is 16.8 Å². The monoisotopic (exact) mass is 369 g/mol. The minimum Gasteiger partial charge on any atom is -0.507 e. The molecule has 0 atom stereocenters. The first kappa shape index (κ1) is 19.2. The summed E-state index contributed by atoms with van der Waals surface area (Å²) in [6.45, 7) is 8.16. The van der Waals surface area contributed by atoms with Gasteiger partial charge in [-0.1, -0.05) is 11.1 Å². The zero-order valence-electron chi connectivity index (χ0n) is 16.6. The van der Waals surface area contributed by atoms with Gasteiger partial charge in [-0.15, -0.1) is 0 Å². The van der Waals surface area contributed by atoms with Gasteiger partial charge in [0.15, 0.2) is 11.6 Å². The first-order valence-electron chi connectivity index (χ1n) is 8.98. The van der Waals surface area contributed by atoms with E-state index in [9.17, 15) is 13.9 Å². The third-order valence-electron chi connectivity index (χ3n) is 5.80. The number of hydrogen-bond acceptors (Lipinski definition) is 2. The Labute approximate surface area is 159 Å². The van der Waals surface area contributed by atoms with Crippen molar-refractivity contribution in [1.29, 1.82) is 0 Å². The van der Waals surface area contributed by atoms with Crippen molar-refractivity contribution in [3.8, 4) is 16.9 Å². The average Bonchev–Trinajstić information content (AvgIpc) is 2.81. The van der Waals surface area contributed by atoms with E-state index in [0.29, 0.717) is 16.7 Å². The van der Waals surface area contributed by atoms with Gasteiger partial charge in [0.05, 0.1) is 0 Å². The van der Waals surface area contributed by atoms with Crippen LogP contribution in [-0.2, 0) is 0 Å². The number of rotatable bonds is 3. The van der Waals surface area contributed by atoms with Crippen molar-refractivity contribution in [2.45, 2.75) is 33.6 Å². The van der Waals surface area contributed by atoms with E-state index in [2.05, 4.69) is 13.8 Å². The Morgan fingerprint density at radius 2 is 1.37 bits per heavy atom. The second kappa shape index (κ2) is 6.84. The molecule has 0 unspecified atom stereocenters. The molecule has 1 aliphatic rings. The molecule has 0 fully saturated rings. The fourth-order valence-corrected chi connectivity index (χ4v) is 3.87. The molecule has 0 bridgehead atoms. The average molecular weight is 369 g/mol. The van der Waals surface area contributed by atoms with E-state index in [-0.39, 0.29) is 11.7 Å². The molecule has 0 amide bonds. The third-order valence-corrected chi connectivity index (χ3v) is 5.80. The fourth-order valence-electron chi connectivity index (χ4n) is 3.87. The summed E-state index contributed by atoms with van der Waals surface area (Å²) >= 11 is 0. The molecule has 2 aromatic rings. The van der Waals surface area contributed by atoms with Crippen LogP contribution in [0.4, 0.5) is 14.5 Å². The van der Waals surface area contributed by atoms with Crippen molar-refractivity contribution < 1.29 is 13.9 Å². The summed E-state index contributed by atoms with van der Waals surface area (Å²) in [5.41, 5.74) is 7.17. The first-order chi connectivity index (χ1) is 12.6. The van der Waals surface area contributed by atoms with Crippen LogP contribution in [0.25, 0.3) is 11.1 Å². The zero-order valence-corrected chi connectivity index (χ0v) is 16.6. The lowest BCUT2D eigenvalue weighted by molar-refractivity contribution is 0.477. The molecule has 0 aromatic heterocycles. The Morgan fingerprint density at radius 1 is 0.815 bits per heavy atom. The summed E-state index contributed by atoms with van der Waals surface area (Å²) < 4.78 is 28.4. The molecule has 27 heavy (non-hydrogen) atoms. The Kier molecular flexibility index (Phi) is 4.85. The maximum atomic E-state index is 14.2. The van der Waals surface area contributed by atoms with Crippen LogP contribution in [0, 0.1) is 11.6 Å². The third kappa shape index (κ3) is 3.14. The van der Waals surface area contributed by atoms with Crippen LogP contribution >= 0.6 is 0 Å². The molecule has 3 rings (SSSR count). The van der Waals surface area contributed by atoms with Gasteiger partial charge in [0, 0.05) is 31.3 Å². The standard InChI is InChI=1S/C23H25F2NO/c1-12-13(2)15(4)23(14(12)3)19-11-21(25)20(24)10-17(19)18-9-16(26(5)6)7-8-22(18)27/h7-11,23,27H,1-6H3. The van der Waals surface area contributed by atoms with E-state index in [1.54, 1.807) is 18.2 Å². The Bertz CT molecular complexity index is 962. The molecule has 1 aliphatic carbocycles. The molecule has 142 valence electrons. The number of hydrogen-bond donors (Lipinski definition) is 1. The second-order valence-corrected chi connectivity index (χ2v) is 7.50. The van der Waals surface area contributed by atoms with Crippen LogP contribution < -0.4 is 4.90 Å². The number of halogens is 2. The summed E-state index contributed by atoms with van der Waals surface area (Å²) in [5.74, 6) is -1.88. The van der Waals surface area contributed by atoms with Gasteiger partial charge in [-0.05, 0) is 80.3 Å². The maximum Gasteiger partial charge on any atom is 0.159 e. The quantitative estimate of drug-likeness (QED) is 0.699. The lowest BCUT2D eigenvalue weighted by atomic mass is 9.83. The van der Waals surface area contributed by atoms with E-state index in [1.807, 2.05) is 32.8 Å². The molecule has 2 nitrogen and oxygen atoms in total. The molecule has 2 aromatic carbocycles. The molecule has 0 spiro atoms. The van der Waals surface area contributed by atoms with Gasteiger partial charge in [0.1, 0.15) is 5.75 Å². The molecule has 0 saturated carbocycles. The largest absolute Gasteiger partial charge is 0.507 e. The summed E-state index contributed by atoms with van der Waals surface area (Å²) in [6, 6.07) is 7.65. The fraction of sp³-hybridized carbons (Fsp3) is 0.304. The van der Waals surface area contributed by atoms with Crippen molar-refractivity contribution in [3.05, 3.63) is 69.8 Å². The van der Waals surface area contributed by atoms with Gasteiger partial charge in [-0.25, -0.2) is 8.78 Å². The van der Waals surface area contributed by atoms with Crippen molar-refractivity contribution in [2.75, 3.05) is 19.0 Å². The maximum absolute atomic E-state index is 14.2. The van der Waals surface area contributed by atoms with E-state index < -0.39 is 11.6 Å². The van der Waals surface area contributed by atoms with Gasteiger partial charge in [0.2, 0.25) is 0 Å². The highest BCUT2D eigenvalue weighted by molar-refractivity contribution is 5.79. The van der Waals surface area contributed by atoms with Crippen molar-refractivity contribution in [1.82, 2.24) is 0 Å². The van der Waals surface area contributed by atoms with Crippen LogP contribution in [0.5, 0.6) is 5.75 Å². The Balaban J connectivity index is 2.31. The molecule has 0 radical (unpaired) electrons. The number of phenols is 1. The highest BCUT2D eigenvalue weighted by atomic mass is 19.2. The number of anilines is 1. The lowest BCUT2D eigenvalue weighted by Gasteiger charge is -2.22. The van der Waals surface area contributed by atoms with E-state index in [1.165, 1.54) is 23.3 Å². The number of phenolic OH excluding ortho intramolecular Hbond substituents is 1. The van der Waals surface area contributed by atoms with Crippen LogP contribution in [0.1, 0.15) is 39.2 Å². The lowest BCUT2D eigenvalue weighted by Crippen LogP contribution is -2.09. The molecule has 0 heterocycles. The molecule has 1 N–H and O–H groups in total. The van der Waals surface area contributed by atoms with Gasteiger partial charge in [0.25, 0.3) is 0 Å². The predicted octanol–water partition coefficient (Wildman–Crippen LogP) is 6.17. The van der Waals surface area contributed by atoms with Crippen LogP contribution in [-0.4, -0.2) is 19.2 Å². The van der Waals surface area contributed by atoms with E-state index >= 15 is 0 Å². The highest BCUT2D eigenvalue weighted by Gasteiger charge is 2.29. The minimum absolute atomic E-state index is 0.0440. The topological polar surface area (TPSA) is 23.5 Å². The summed E-state index contributed by atoms with van der Waals surface area (Å²) in [4.78, 5) is 1.91. The van der Waals surface area contributed by atoms with Gasteiger partial charge >= 0.3 is 0 Å². The number of allylic oxidation sites excluding steroid dienone is 4. The zero-order chi connectivity index (χ0) is 20.0. The van der Waals surface area contributed by atoms with Gasteiger partial charge in [-0.3, -0.25) is 0 Å². The number of nitrogens with zero attached hydrogens (tertiary/aromatic N) is 1. The number of aromatic hydroxyl groups is 1. The summed E-state index contributed by atoms with van der Waals surface area (Å²) in [6.07, 6.45) is 0. The molecular formula is C23H25F2NO. The second-order valence-electron chi connectivity index (χ2n) is 7.50. The smallest absolute Gasteiger partial charge is 0.159 e. The van der Waals surface area contributed by atoms with Crippen LogP contribution in [0.15, 0.2) is 52.6 Å². The SMILES string of the molecule is CC1=C(C)C(c2cc(F)c(F)cc2-c2cc(N(C)C)ccc2O)C(C)=C1C. The van der Waals surface area contributed by atoms with Crippen LogP contribution in [0.3, 0.4) is 0 Å². The molecular weight excluding hydrogens is 344 g/mol. The van der Waals surface area contributed by atoms with Gasteiger partial charge < -0.3 is 10.0 Å². The summed E-state index contributed by atoms with van der Waals surface area (Å²) in [7, 11) is 3.79. The Morgan fingerprint density at radius 3 is 1.93 bits per heavy atom. The summed E-state index contributed by atoms with van der Waals surface area (Å²) in [5, 5.41) is 10.5. The highest BCUT2D eigenvalue weighted by Crippen LogP contribution is 2.47. The molecule has 0 aliphatic heterocycles. The minimum atomic E-state index is -0.918. The predicted molar refractivity (Wildman–Crippen MR) is 107 cm³/mol.